The van der Waals surface area contributed by atoms with Crippen molar-refractivity contribution in [2.24, 2.45) is 0 Å². The maximum absolute atomic E-state index is 13.5. The van der Waals surface area contributed by atoms with Crippen LogP contribution in [0.4, 0.5) is 4.39 Å². The van der Waals surface area contributed by atoms with Gasteiger partial charge in [-0.2, -0.15) is 0 Å². The van der Waals surface area contributed by atoms with Crippen LogP contribution in [0.15, 0.2) is 18.2 Å². The Morgan fingerprint density at radius 1 is 1.21 bits per heavy atom. The van der Waals surface area contributed by atoms with Crippen LogP contribution in [-0.4, -0.2) is 19.2 Å². The molecule has 0 heterocycles. The number of hydrogen-bond acceptors (Lipinski definition) is 2. The lowest BCUT2D eigenvalue weighted by atomic mass is 10.2. The van der Waals surface area contributed by atoms with Crippen molar-refractivity contribution in [2.75, 3.05) is 13.2 Å². The van der Waals surface area contributed by atoms with E-state index < -0.39 is 5.82 Å². The third kappa shape index (κ3) is 5.37. The maximum atomic E-state index is 13.5. The van der Waals surface area contributed by atoms with E-state index in [4.69, 9.17) is 16.3 Å². The number of ether oxygens (including phenoxy) is 1. The van der Waals surface area contributed by atoms with E-state index in [1.54, 1.807) is 12.1 Å². The number of nitrogens with one attached hydrogen (secondary N) is 1. The van der Waals surface area contributed by atoms with Crippen molar-refractivity contribution in [3.05, 3.63) is 29.0 Å². The fourth-order valence-electron chi connectivity index (χ4n) is 1.95. The summed E-state index contributed by atoms with van der Waals surface area (Å²) in [7, 11) is 0. The molecule has 4 heteroatoms. The second kappa shape index (κ2) is 7.71. The lowest BCUT2D eigenvalue weighted by Crippen LogP contribution is -2.17. The average Bonchev–Trinajstić information content (AvgIpc) is 3.21. The molecule has 2 rings (SSSR count). The summed E-state index contributed by atoms with van der Waals surface area (Å²) in [5, 5.41) is 3.61. The van der Waals surface area contributed by atoms with Gasteiger partial charge in [-0.25, -0.2) is 4.39 Å². The third-order valence-electron chi connectivity index (χ3n) is 3.26. The van der Waals surface area contributed by atoms with E-state index in [0.29, 0.717) is 6.61 Å². The molecule has 1 aliphatic rings. The summed E-state index contributed by atoms with van der Waals surface area (Å²) in [6.45, 7) is 1.67. The van der Waals surface area contributed by atoms with Gasteiger partial charge in [0.2, 0.25) is 0 Å². The standard InChI is InChI=1S/C15H21ClFNO/c16-13-6-5-7-14(15(13)17)19-11-4-2-1-3-10-18-12-8-9-12/h5-7,12,18H,1-4,8-11H2. The van der Waals surface area contributed by atoms with Crippen LogP contribution in [0.25, 0.3) is 0 Å². The molecule has 0 radical (unpaired) electrons. The lowest BCUT2D eigenvalue weighted by molar-refractivity contribution is 0.290. The fourth-order valence-corrected chi connectivity index (χ4v) is 2.12. The van der Waals surface area contributed by atoms with Gasteiger partial charge < -0.3 is 10.1 Å². The zero-order valence-corrected chi connectivity index (χ0v) is 11.9. The molecule has 1 aromatic carbocycles. The Morgan fingerprint density at radius 3 is 2.79 bits per heavy atom. The summed E-state index contributed by atoms with van der Waals surface area (Å²) in [5.74, 6) is -0.208. The van der Waals surface area contributed by atoms with Gasteiger partial charge in [0, 0.05) is 6.04 Å². The van der Waals surface area contributed by atoms with E-state index in [9.17, 15) is 4.39 Å². The Bertz CT molecular complexity index is 396. The van der Waals surface area contributed by atoms with Crippen LogP contribution < -0.4 is 10.1 Å². The van der Waals surface area contributed by atoms with Gasteiger partial charge in [-0.15, -0.1) is 0 Å². The van der Waals surface area contributed by atoms with Crippen molar-refractivity contribution >= 4 is 11.6 Å². The number of halogens is 2. The quantitative estimate of drug-likeness (QED) is 0.688. The molecule has 0 aliphatic heterocycles. The van der Waals surface area contributed by atoms with Crippen molar-refractivity contribution in [3.63, 3.8) is 0 Å². The molecule has 1 aliphatic carbocycles. The number of rotatable bonds is 9. The molecule has 1 N–H and O–H groups in total. The zero-order chi connectivity index (χ0) is 13.5. The van der Waals surface area contributed by atoms with Crippen molar-refractivity contribution < 1.29 is 9.13 Å². The Balaban J connectivity index is 1.50. The Labute approximate surface area is 119 Å². The molecule has 0 bridgehead atoms. The van der Waals surface area contributed by atoms with Crippen molar-refractivity contribution in [2.45, 2.75) is 44.6 Å². The molecule has 1 aromatic rings. The van der Waals surface area contributed by atoms with Gasteiger partial charge in [0.05, 0.1) is 11.6 Å². The average molecular weight is 286 g/mol. The Kier molecular flexibility index (Phi) is 5.93. The third-order valence-corrected chi connectivity index (χ3v) is 3.55. The monoisotopic (exact) mass is 285 g/mol. The minimum absolute atomic E-state index is 0.114. The zero-order valence-electron chi connectivity index (χ0n) is 11.1. The van der Waals surface area contributed by atoms with E-state index in [1.165, 1.54) is 31.7 Å². The van der Waals surface area contributed by atoms with Crippen LogP contribution in [0.2, 0.25) is 5.02 Å². The molecule has 0 amide bonds. The fraction of sp³-hybridized carbons (Fsp3) is 0.600. The van der Waals surface area contributed by atoms with Crippen LogP contribution in [-0.2, 0) is 0 Å². The van der Waals surface area contributed by atoms with Gasteiger partial charge >= 0.3 is 0 Å². The summed E-state index contributed by atoms with van der Waals surface area (Å²) in [4.78, 5) is 0. The normalized spacial score (nSPS) is 14.6. The van der Waals surface area contributed by atoms with E-state index in [0.717, 1.165) is 25.4 Å². The summed E-state index contributed by atoms with van der Waals surface area (Å²) >= 11 is 5.68. The molecule has 0 spiro atoms. The van der Waals surface area contributed by atoms with E-state index in [2.05, 4.69) is 5.32 Å². The van der Waals surface area contributed by atoms with Gasteiger partial charge in [0.15, 0.2) is 11.6 Å². The molecule has 0 unspecified atom stereocenters. The molecule has 0 aromatic heterocycles. The smallest absolute Gasteiger partial charge is 0.183 e. The molecule has 1 fully saturated rings. The SMILES string of the molecule is Fc1c(Cl)cccc1OCCCCCCNC1CC1. The molecular weight excluding hydrogens is 265 g/mol. The molecule has 106 valence electrons. The summed E-state index contributed by atoms with van der Waals surface area (Å²) in [6.07, 6.45) is 7.17. The van der Waals surface area contributed by atoms with Crippen molar-refractivity contribution in [3.8, 4) is 5.75 Å². The van der Waals surface area contributed by atoms with Crippen LogP contribution in [0, 0.1) is 5.82 Å². The second-order valence-electron chi connectivity index (χ2n) is 5.04. The van der Waals surface area contributed by atoms with Gasteiger partial charge in [0.25, 0.3) is 0 Å². The predicted molar refractivity (Wildman–Crippen MR) is 76.4 cm³/mol. The first kappa shape index (κ1) is 14.6. The van der Waals surface area contributed by atoms with Crippen molar-refractivity contribution in [1.29, 1.82) is 0 Å². The highest BCUT2D eigenvalue weighted by molar-refractivity contribution is 6.30. The molecule has 2 nitrogen and oxygen atoms in total. The molecule has 19 heavy (non-hydrogen) atoms. The first-order valence-corrected chi connectivity index (χ1v) is 7.45. The molecular formula is C15H21ClFNO. The highest BCUT2D eigenvalue weighted by Crippen LogP contribution is 2.24. The highest BCUT2D eigenvalue weighted by Gasteiger charge is 2.19. The number of unbranched alkanes of at least 4 members (excludes halogenated alkanes) is 3. The minimum Gasteiger partial charge on any atom is -0.490 e. The Hall–Kier alpha value is -0.800. The first-order chi connectivity index (χ1) is 9.27. The molecule has 1 saturated carbocycles. The van der Waals surface area contributed by atoms with Gasteiger partial charge in [-0.05, 0) is 44.4 Å². The highest BCUT2D eigenvalue weighted by atomic mass is 35.5. The minimum atomic E-state index is -0.460. The maximum Gasteiger partial charge on any atom is 0.183 e. The summed E-state index contributed by atoms with van der Waals surface area (Å²) < 4.78 is 18.9. The van der Waals surface area contributed by atoms with Crippen LogP contribution in [0.5, 0.6) is 5.75 Å². The summed E-state index contributed by atoms with van der Waals surface area (Å²) in [6, 6.07) is 5.64. The topological polar surface area (TPSA) is 21.3 Å². The van der Waals surface area contributed by atoms with E-state index >= 15 is 0 Å². The summed E-state index contributed by atoms with van der Waals surface area (Å²) in [5.41, 5.74) is 0. The number of benzene rings is 1. The largest absolute Gasteiger partial charge is 0.490 e. The molecule has 0 atom stereocenters. The first-order valence-electron chi connectivity index (χ1n) is 7.07. The van der Waals surface area contributed by atoms with Crippen LogP contribution in [0.3, 0.4) is 0 Å². The van der Waals surface area contributed by atoms with Gasteiger partial charge in [-0.1, -0.05) is 30.5 Å². The van der Waals surface area contributed by atoms with E-state index in [-0.39, 0.29) is 10.8 Å². The lowest BCUT2D eigenvalue weighted by Gasteiger charge is -2.08. The van der Waals surface area contributed by atoms with Crippen molar-refractivity contribution in [1.82, 2.24) is 5.32 Å². The van der Waals surface area contributed by atoms with Crippen LogP contribution in [0.1, 0.15) is 38.5 Å². The number of hydrogen-bond donors (Lipinski definition) is 1. The Morgan fingerprint density at radius 2 is 2.00 bits per heavy atom. The van der Waals surface area contributed by atoms with Crippen LogP contribution >= 0.6 is 11.6 Å². The molecule has 0 saturated heterocycles. The van der Waals surface area contributed by atoms with Gasteiger partial charge in [-0.3, -0.25) is 0 Å². The van der Waals surface area contributed by atoms with E-state index in [1.807, 2.05) is 0 Å². The van der Waals surface area contributed by atoms with Gasteiger partial charge in [0.1, 0.15) is 0 Å². The second-order valence-corrected chi connectivity index (χ2v) is 5.45. The predicted octanol–water partition coefficient (Wildman–Crippen LogP) is 4.17.